The van der Waals surface area contributed by atoms with Gasteiger partial charge in [-0.05, 0) is 31.9 Å². The van der Waals surface area contributed by atoms with Crippen LogP contribution >= 0.6 is 0 Å². The van der Waals surface area contributed by atoms with Crippen LogP contribution in [0.1, 0.15) is 25.7 Å². The molecule has 4 nitrogen and oxygen atoms in total. The predicted molar refractivity (Wildman–Crippen MR) is 75.0 cm³/mol. The van der Waals surface area contributed by atoms with Crippen LogP contribution in [0, 0.1) is 0 Å². The van der Waals surface area contributed by atoms with Gasteiger partial charge < -0.3 is 10.6 Å². The summed E-state index contributed by atoms with van der Waals surface area (Å²) in [5, 5.41) is 6.81. The molecule has 0 aromatic carbocycles. The van der Waals surface area contributed by atoms with Gasteiger partial charge >= 0.3 is 0 Å². The highest BCUT2D eigenvalue weighted by atomic mass is 15.2. The van der Waals surface area contributed by atoms with E-state index in [1.807, 2.05) is 19.4 Å². The first kappa shape index (κ1) is 11.8. The second-order valence-electron chi connectivity index (χ2n) is 5.35. The minimum absolute atomic E-state index is 0.596. The molecule has 0 radical (unpaired) electrons. The Morgan fingerprint density at radius 3 is 2.94 bits per heavy atom. The number of pyridine rings is 1. The van der Waals surface area contributed by atoms with E-state index in [-0.39, 0.29) is 0 Å². The summed E-state index contributed by atoms with van der Waals surface area (Å²) in [7, 11) is 1.93. The van der Waals surface area contributed by atoms with Crippen LogP contribution < -0.4 is 10.6 Å². The van der Waals surface area contributed by atoms with Gasteiger partial charge in [0.15, 0.2) is 0 Å². The number of fused-ring (bicyclic) bond motifs is 1. The third kappa shape index (κ3) is 2.29. The standard InChI is InChI=1S/C14H22N4/c1-15-11-8-12(10-16-9-11)17-13-5-7-18-6-3-2-4-14(13)18/h8-10,13-15,17H,2-7H2,1H3. The van der Waals surface area contributed by atoms with Crippen LogP contribution in [-0.2, 0) is 0 Å². The molecular weight excluding hydrogens is 224 g/mol. The molecule has 2 unspecified atom stereocenters. The Morgan fingerprint density at radius 2 is 2.06 bits per heavy atom. The van der Waals surface area contributed by atoms with Crippen molar-refractivity contribution < 1.29 is 0 Å². The number of nitrogens with one attached hydrogen (secondary N) is 2. The van der Waals surface area contributed by atoms with Gasteiger partial charge in [0.05, 0.1) is 23.8 Å². The predicted octanol–water partition coefficient (Wildman–Crippen LogP) is 2.16. The topological polar surface area (TPSA) is 40.2 Å². The SMILES string of the molecule is CNc1cncc(NC2CCN3CCCCC23)c1. The Balaban J connectivity index is 1.68. The van der Waals surface area contributed by atoms with Gasteiger partial charge in [-0.25, -0.2) is 0 Å². The minimum atomic E-state index is 0.596. The second kappa shape index (κ2) is 5.14. The van der Waals surface area contributed by atoms with Crippen LogP contribution in [0.15, 0.2) is 18.5 Å². The van der Waals surface area contributed by atoms with E-state index < -0.39 is 0 Å². The number of aromatic nitrogens is 1. The Bertz CT molecular complexity index is 407. The highest BCUT2D eigenvalue weighted by Crippen LogP contribution is 2.29. The van der Waals surface area contributed by atoms with E-state index in [0.29, 0.717) is 6.04 Å². The largest absolute Gasteiger partial charge is 0.387 e. The summed E-state index contributed by atoms with van der Waals surface area (Å²) in [5.41, 5.74) is 2.21. The number of anilines is 2. The zero-order chi connectivity index (χ0) is 12.4. The maximum absolute atomic E-state index is 4.26. The van der Waals surface area contributed by atoms with Gasteiger partial charge in [0.2, 0.25) is 0 Å². The van der Waals surface area contributed by atoms with Crippen molar-refractivity contribution in [3.05, 3.63) is 18.5 Å². The van der Waals surface area contributed by atoms with Gasteiger partial charge in [-0.15, -0.1) is 0 Å². The van der Waals surface area contributed by atoms with Crippen LogP contribution in [0.3, 0.4) is 0 Å². The Morgan fingerprint density at radius 1 is 1.17 bits per heavy atom. The van der Waals surface area contributed by atoms with Crippen LogP contribution in [0.25, 0.3) is 0 Å². The van der Waals surface area contributed by atoms with Gasteiger partial charge in [0.25, 0.3) is 0 Å². The summed E-state index contributed by atoms with van der Waals surface area (Å²) >= 11 is 0. The summed E-state index contributed by atoms with van der Waals surface area (Å²) in [6.07, 6.45) is 9.14. The van der Waals surface area contributed by atoms with Crippen molar-refractivity contribution in [1.82, 2.24) is 9.88 Å². The molecule has 0 aliphatic carbocycles. The van der Waals surface area contributed by atoms with Crippen molar-refractivity contribution in [2.24, 2.45) is 0 Å². The van der Waals surface area contributed by atoms with E-state index in [0.717, 1.165) is 17.4 Å². The van der Waals surface area contributed by atoms with Gasteiger partial charge in [-0.1, -0.05) is 6.42 Å². The molecule has 2 aliphatic heterocycles. The average molecular weight is 246 g/mol. The summed E-state index contributed by atoms with van der Waals surface area (Å²) in [6.45, 7) is 2.54. The van der Waals surface area contributed by atoms with E-state index in [9.17, 15) is 0 Å². The zero-order valence-electron chi connectivity index (χ0n) is 11.0. The maximum atomic E-state index is 4.26. The summed E-state index contributed by atoms with van der Waals surface area (Å²) in [6, 6.07) is 3.47. The molecule has 2 N–H and O–H groups in total. The van der Waals surface area contributed by atoms with Crippen molar-refractivity contribution in [1.29, 1.82) is 0 Å². The lowest BCUT2D eigenvalue weighted by molar-refractivity contribution is 0.193. The van der Waals surface area contributed by atoms with Crippen molar-refractivity contribution >= 4 is 11.4 Å². The van der Waals surface area contributed by atoms with Crippen molar-refractivity contribution in [3.8, 4) is 0 Å². The molecule has 0 bridgehead atoms. The molecule has 4 heteroatoms. The molecule has 1 aromatic rings. The minimum Gasteiger partial charge on any atom is -0.387 e. The molecule has 3 rings (SSSR count). The molecule has 2 fully saturated rings. The first-order chi connectivity index (χ1) is 8.86. The molecule has 0 saturated carbocycles. The Labute approximate surface area is 109 Å². The number of piperidine rings is 1. The first-order valence-electron chi connectivity index (χ1n) is 7.00. The van der Waals surface area contributed by atoms with Gasteiger partial charge in [0.1, 0.15) is 0 Å². The summed E-state index contributed by atoms with van der Waals surface area (Å²) in [5.74, 6) is 0. The van der Waals surface area contributed by atoms with Crippen LogP contribution in [0.4, 0.5) is 11.4 Å². The fraction of sp³-hybridized carbons (Fsp3) is 0.643. The Hall–Kier alpha value is -1.29. The molecular formula is C14H22N4. The monoisotopic (exact) mass is 246 g/mol. The van der Waals surface area contributed by atoms with E-state index in [4.69, 9.17) is 0 Å². The van der Waals surface area contributed by atoms with E-state index >= 15 is 0 Å². The Kier molecular flexibility index (Phi) is 3.37. The summed E-state index contributed by atoms with van der Waals surface area (Å²) in [4.78, 5) is 6.91. The fourth-order valence-electron chi connectivity index (χ4n) is 3.29. The van der Waals surface area contributed by atoms with Gasteiger partial charge in [-0.3, -0.25) is 9.88 Å². The number of hydrogen-bond acceptors (Lipinski definition) is 4. The van der Waals surface area contributed by atoms with Crippen LogP contribution in [-0.4, -0.2) is 42.1 Å². The third-order valence-electron chi connectivity index (χ3n) is 4.23. The number of hydrogen-bond donors (Lipinski definition) is 2. The average Bonchev–Trinajstić information content (AvgIpc) is 2.83. The molecule has 1 aromatic heterocycles. The van der Waals surface area contributed by atoms with Crippen molar-refractivity contribution in [2.45, 2.75) is 37.8 Å². The number of nitrogens with zero attached hydrogens (tertiary/aromatic N) is 2. The molecule has 0 amide bonds. The first-order valence-corrected chi connectivity index (χ1v) is 7.00. The lowest BCUT2D eigenvalue weighted by Gasteiger charge is -2.32. The lowest BCUT2D eigenvalue weighted by Crippen LogP contribution is -2.41. The molecule has 18 heavy (non-hydrogen) atoms. The van der Waals surface area contributed by atoms with Crippen molar-refractivity contribution in [3.63, 3.8) is 0 Å². The normalized spacial score (nSPS) is 27.8. The van der Waals surface area contributed by atoms with Crippen LogP contribution in [0.5, 0.6) is 0 Å². The molecule has 3 heterocycles. The van der Waals surface area contributed by atoms with Gasteiger partial charge in [-0.2, -0.15) is 0 Å². The smallest absolute Gasteiger partial charge is 0.0550 e. The quantitative estimate of drug-likeness (QED) is 0.857. The molecule has 2 aliphatic rings. The third-order valence-corrected chi connectivity index (χ3v) is 4.23. The number of rotatable bonds is 3. The van der Waals surface area contributed by atoms with Crippen LogP contribution in [0.2, 0.25) is 0 Å². The van der Waals surface area contributed by atoms with Gasteiger partial charge in [0, 0.05) is 25.7 Å². The van der Waals surface area contributed by atoms with E-state index in [1.165, 1.54) is 38.8 Å². The van der Waals surface area contributed by atoms with E-state index in [2.05, 4.69) is 26.6 Å². The van der Waals surface area contributed by atoms with Crippen molar-refractivity contribution in [2.75, 3.05) is 30.8 Å². The maximum Gasteiger partial charge on any atom is 0.0550 e. The highest BCUT2D eigenvalue weighted by molar-refractivity contribution is 5.54. The zero-order valence-corrected chi connectivity index (χ0v) is 11.0. The second-order valence-corrected chi connectivity index (χ2v) is 5.35. The lowest BCUT2D eigenvalue weighted by atomic mass is 9.99. The molecule has 2 atom stereocenters. The molecule has 2 saturated heterocycles. The fourth-order valence-corrected chi connectivity index (χ4v) is 3.29. The summed E-state index contributed by atoms with van der Waals surface area (Å²) < 4.78 is 0. The molecule has 0 spiro atoms. The van der Waals surface area contributed by atoms with E-state index in [1.54, 1.807) is 0 Å². The highest BCUT2D eigenvalue weighted by Gasteiger charge is 2.35. The molecule has 98 valence electrons.